The molecule has 2 heterocycles. The van der Waals surface area contributed by atoms with Gasteiger partial charge in [0, 0.05) is 17.8 Å². The van der Waals surface area contributed by atoms with Gasteiger partial charge in [-0.15, -0.1) is 0 Å². The Balaban J connectivity index is 2.68. The van der Waals surface area contributed by atoms with E-state index in [0.29, 0.717) is 17.5 Å². The molecule has 0 radical (unpaired) electrons. The molecule has 5 heteroatoms. The number of fused-ring (bicyclic) bond motifs is 1. The van der Waals surface area contributed by atoms with Crippen molar-refractivity contribution in [2.75, 3.05) is 6.61 Å². The molecule has 0 saturated heterocycles. The maximum atomic E-state index is 6.02. The minimum atomic E-state index is 0.541. The lowest BCUT2D eigenvalue weighted by Gasteiger charge is -2.07. The highest BCUT2D eigenvalue weighted by Gasteiger charge is 2.10. The van der Waals surface area contributed by atoms with E-state index >= 15 is 0 Å². The molecule has 0 saturated carbocycles. The summed E-state index contributed by atoms with van der Waals surface area (Å²) in [5.41, 5.74) is 0.765. The molecule has 0 aliphatic carbocycles. The van der Waals surface area contributed by atoms with E-state index in [0.717, 1.165) is 15.4 Å². The van der Waals surface area contributed by atoms with Gasteiger partial charge < -0.3 is 4.74 Å². The normalized spacial score (nSPS) is 10.6. The third-order valence-corrected chi connectivity index (χ3v) is 2.97. The van der Waals surface area contributed by atoms with E-state index < -0.39 is 0 Å². The molecule has 15 heavy (non-hydrogen) atoms. The lowest BCUT2D eigenvalue weighted by Crippen LogP contribution is -1.96. The molecule has 0 bridgehead atoms. The van der Waals surface area contributed by atoms with Gasteiger partial charge in [0.1, 0.15) is 4.47 Å². The first kappa shape index (κ1) is 10.6. The van der Waals surface area contributed by atoms with Crippen LogP contribution in [0.15, 0.2) is 22.9 Å². The van der Waals surface area contributed by atoms with Gasteiger partial charge in [0.05, 0.1) is 17.1 Å². The number of rotatable bonds is 2. The monoisotopic (exact) mass is 286 g/mol. The lowest BCUT2D eigenvalue weighted by molar-refractivity contribution is 0.325. The van der Waals surface area contributed by atoms with Crippen LogP contribution >= 0.6 is 27.5 Å². The number of ether oxygens (including phenoxy) is 1. The van der Waals surface area contributed by atoms with Gasteiger partial charge in [-0.2, -0.15) is 0 Å². The van der Waals surface area contributed by atoms with E-state index in [4.69, 9.17) is 16.3 Å². The molecule has 0 aromatic carbocycles. The van der Waals surface area contributed by atoms with E-state index in [1.807, 2.05) is 6.92 Å². The number of halogens is 2. The highest BCUT2D eigenvalue weighted by molar-refractivity contribution is 9.10. The van der Waals surface area contributed by atoms with Crippen LogP contribution in [0.25, 0.3) is 10.9 Å². The second-order valence-corrected chi connectivity index (χ2v) is 4.07. The van der Waals surface area contributed by atoms with Crippen molar-refractivity contribution in [1.82, 2.24) is 9.97 Å². The van der Waals surface area contributed by atoms with Crippen molar-refractivity contribution in [2.45, 2.75) is 6.92 Å². The van der Waals surface area contributed by atoms with Gasteiger partial charge in [0.15, 0.2) is 0 Å². The molecule has 0 spiro atoms. The first-order valence-electron chi connectivity index (χ1n) is 4.45. The van der Waals surface area contributed by atoms with E-state index in [9.17, 15) is 0 Å². The zero-order chi connectivity index (χ0) is 10.8. The van der Waals surface area contributed by atoms with Crippen LogP contribution in [0, 0.1) is 0 Å². The fourth-order valence-corrected chi connectivity index (χ4v) is 1.99. The summed E-state index contributed by atoms with van der Waals surface area (Å²) in [5.74, 6) is 0.541. The van der Waals surface area contributed by atoms with Gasteiger partial charge in [-0.1, -0.05) is 11.6 Å². The molecule has 0 N–H and O–H groups in total. The van der Waals surface area contributed by atoms with Gasteiger partial charge in [-0.05, 0) is 28.9 Å². The standard InChI is InChI=1S/C10H8BrClN2O/c1-2-15-10-8(11)9-6(5-14-10)7(12)3-4-13-9/h3-5H,2H2,1H3. The average molecular weight is 288 g/mol. The summed E-state index contributed by atoms with van der Waals surface area (Å²) in [6.45, 7) is 2.47. The van der Waals surface area contributed by atoms with E-state index in [1.54, 1.807) is 18.5 Å². The van der Waals surface area contributed by atoms with Crippen LogP contribution in [0.1, 0.15) is 6.92 Å². The van der Waals surface area contributed by atoms with E-state index in [1.165, 1.54) is 0 Å². The van der Waals surface area contributed by atoms with Crippen molar-refractivity contribution in [3.05, 3.63) is 28.0 Å². The quantitative estimate of drug-likeness (QED) is 0.848. The molecular formula is C10H8BrClN2O. The van der Waals surface area contributed by atoms with Crippen LogP contribution in [0.4, 0.5) is 0 Å². The molecule has 2 rings (SSSR count). The molecule has 2 aromatic heterocycles. The van der Waals surface area contributed by atoms with E-state index in [-0.39, 0.29) is 0 Å². The second-order valence-electron chi connectivity index (χ2n) is 2.87. The maximum Gasteiger partial charge on any atom is 0.230 e. The van der Waals surface area contributed by atoms with Crippen LogP contribution in [-0.4, -0.2) is 16.6 Å². The molecule has 3 nitrogen and oxygen atoms in total. The number of hydrogen-bond donors (Lipinski definition) is 0. The number of hydrogen-bond acceptors (Lipinski definition) is 3. The molecule has 0 amide bonds. The van der Waals surface area contributed by atoms with Gasteiger partial charge in [0.2, 0.25) is 5.88 Å². The Kier molecular flexibility index (Phi) is 3.07. The fourth-order valence-electron chi connectivity index (χ4n) is 1.27. The van der Waals surface area contributed by atoms with Crippen LogP contribution in [0.2, 0.25) is 5.02 Å². The highest BCUT2D eigenvalue weighted by Crippen LogP contribution is 2.32. The number of nitrogens with zero attached hydrogens (tertiary/aromatic N) is 2. The van der Waals surface area contributed by atoms with Crippen molar-refractivity contribution in [1.29, 1.82) is 0 Å². The molecule has 0 atom stereocenters. The van der Waals surface area contributed by atoms with Gasteiger partial charge in [-0.3, -0.25) is 4.98 Å². The smallest absolute Gasteiger partial charge is 0.230 e. The Morgan fingerprint density at radius 1 is 1.47 bits per heavy atom. The Morgan fingerprint density at radius 3 is 3.00 bits per heavy atom. The second kappa shape index (κ2) is 4.33. The summed E-state index contributed by atoms with van der Waals surface area (Å²) in [7, 11) is 0. The Labute approximate surface area is 101 Å². The van der Waals surface area contributed by atoms with Gasteiger partial charge >= 0.3 is 0 Å². The highest BCUT2D eigenvalue weighted by atomic mass is 79.9. The molecule has 78 valence electrons. The Bertz CT molecular complexity index is 504. The molecule has 0 fully saturated rings. The van der Waals surface area contributed by atoms with Crippen LogP contribution in [0.5, 0.6) is 5.88 Å². The predicted octanol–water partition coefficient (Wildman–Crippen LogP) is 3.44. The average Bonchev–Trinajstić information content (AvgIpc) is 2.23. The Morgan fingerprint density at radius 2 is 2.27 bits per heavy atom. The molecular weight excluding hydrogens is 279 g/mol. The summed E-state index contributed by atoms with van der Waals surface area (Å²) in [6.07, 6.45) is 3.32. The minimum Gasteiger partial charge on any atom is -0.477 e. The minimum absolute atomic E-state index is 0.541. The van der Waals surface area contributed by atoms with Gasteiger partial charge in [-0.25, -0.2) is 4.98 Å². The Hall–Kier alpha value is -0.870. The van der Waals surface area contributed by atoms with Crippen molar-refractivity contribution in [3.8, 4) is 5.88 Å². The molecule has 0 unspecified atom stereocenters. The summed E-state index contributed by atoms with van der Waals surface area (Å²) in [4.78, 5) is 8.40. The molecule has 0 aliphatic rings. The van der Waals surface area contributed by atoms with Crippen LogP contribution in [0.3, 0.4) is 0 Å². The summed E-state index contributed by atoms with van der Waals surface area (Å²) in [6, 6.07) is 1.73. The SMILES string of the molecule is CCOc1ncc2c(Cl)ccnc2c1Br. The van der Waals surface area contributed by atoms with Crippen molar-refractivity contribution < 1.29 is 4.74 Å². The topological polar surface area (TPSA) is 35.0 Å². The predicted molar refractivity (Wildman–Crippen MR) is 63.4 cm³/mol. The van der Waals surface area contributed by atoms with Gasteiger partial charge in [0.25, 0.3) is 0 Å². The third kappa shape index (κ3) is 1.92. The summed E-state index contributed by atoms with van der Waals surface area (Å²) >= 11 is 9.43. The van der Waals surface area contributed by atoms with Crippen LogP contribution < -0.4 is 4.74 Å². The maximum absolute atomic E-state index is 6.02. The van der Waals surface area contributed by atoms with Crippen molar-refractivity contribution >= 4 is 38.4 Å². The first-order valence-corrected chi connectivity index (χ1v) is 5.62. The number of aromatic nitrogens is 2. The van der Waals surface area contributed by atoms with Crippen molar-refractivity contribution in [3.63, 3.8) is 0 Å². The molecule has 2 aromatic rings. The zero-order valence-corrected chi connectivity index (χ0v) is 10.3. The summed E-state index contributed by atoms with van der Waals surface area (Å²) in [5, 5.41) is 1.45. The molecule has 0 aliphatic heterocycles. The summed E-state index contributed by atoms with van der Waals surface area (Å²) < 4.78 is 6.08. The largest absolute Gasteiger partial charge is 0.477 e. The third-order valence-electron chi connectivity index (χ3n) is 1.92. The first-order chi connectivity index (χ1) is 7.24. The number of pyridine rings is 2. The zero-order valence-electron chi connectivity index (χ0n) is 8.00. The van der Waals surface area contributed by atoms with Crippen molar-refractivity contribution in [2.24, 2.45) is 0 Å². The van der Waals surface area contributed by atoms with E-state index in [2.05, 4.69) is 25.9 Å². The van der Waals surface area contributed by atoms with Crippen LogP contribution in [-0.2, 0) is 0 Å². The lowest BCUT2D eigenvalue weighted by atomic mass is 10.3. The fraction of sp³-hybridized carbons (Fsp3) is 0.200.